The third-order valence-corrected chi connectivity index (χ3v) is 4.27. The molecule has 1 aromatic heterocycles. The van der Waals surface area contributed by atoms with E-state index in [4.69, 9.17) is 4.74 Å². The molecular formula is C10H14BrNOS. The van der Waals surface area contributed by atoms with E-state index in [1.807, 2.05) is 0 Å². The highest BCUT2D eigenvalue weighted by atomic mass is 79.9. The minimum atomic E-state index is 0.945. The molecule has 1 N–H and O–H groups in total. The predicted molar refractivity (Wildman–Crippen MR) is 63.0 cm³/mol. The number of hydrogen-bond acceptors (Lipinski definition) is 3. The Balaban J connectivity index is 1.82. The van der Waals surface area contributed by atoms with Crippen molar-refractivity contribution in [2.45, 2.75) is 19.4 Å². The molecule has 4 heteroatoms. The molecule has 1 aliphatic carbocycles. The Hall–Kier alpha value is -0.0600. The minimum absolute atomic E-state index is 0.945. The quantitative estimate of drug-likeness (QED) is 0.892. The monoisotopic (exact) mass is 275 g/mol. The van der Waals surface area contributed by atoms with Crippen molar-refractivity contribution in [3.05, 3.63) is 15.4 Å². The number of hydrogen-bond donors (Lipinski definition) is 1. The topological polar surface area (TPSA) is 21.3 Å². The molecule has 1 aliphatic rings. The second-order valence-corrected chi connectivity index (χ2v) is 5.58. The Morgan fingerprint density at radius 3 is 3.00 bits per heavy atom. The Morgan fingerprint density at radius 2 is 2.43 bits per heavy atom. The summed E-state index contributed by atoms with van der Waals surface area (Å²) < 4.78 is 6.27. The van der Waals surface area contributed by atoms with Gasteiger partial charge >= 0.3 is 0 Å². The summed E-state index contributed by atoms with van der Waals surface area (Å²) in [5, 5.41) is 4.43. The smallest absolute Gasteiger partial charge is 0.188 e. The molecule has 0 saturated heterocycles. The van der Waals surface area contributed by atoms with Gasteiger partial charge in [0.1, 0.15) is 0 Å². The molecule has 0 spiro atoms. The van der Waals surface area contributed by atoms with Crippen molar-refractivity contribution in [2.75, 3.05) is 13.7 Å². The molecular weight excluding hydrogens is 262 g/mol. The molecule has 2 nitrogen and oxygen atoms in total. The second kappa shape index (κ2) is 4.64. The second-order valence-electron chi connectivity index (χ2n) is 3.63. The van der Waals surface area contributed by atoms with Gasteiger partial charge in [-0.2, -0.15) is 0 Å². The molecule has 0 aliphatic heterocycles. The molecule has 0 aromatic carbocycles. The van der Waals surface area contributed by atoms with Crippen molar-refractivity contribution in [3.8, 4) is 5.06 Å². The predicted octanol–water partition coefficient (Wildman–Crippen LogP) is 3.02. The first-order chi connectivity index (χ1) is 6.79. The maximum absolute atomic E-state index is 5.21. The lowest BCUT2D eigenvalue weighted by atomic mass is 10.4. The van der Waals surface area contributed by atoms with Crippen molar-refractivity contribution in [3.63, 3.8) is 0 Å². The van der Waals surface area contributed by atoms with E-state index in [-0.39, 0.29) is 0 Å². The first-order valence-corrected chi connectivity index (χ1v) is 6.43. The zero-order valence-electron chi connectivity index (χ0n) is 8.18. The summed E-state index contributed by atoms with van der Waals surface area (Å²) >= 11 is 5.17. The van der Waals surface area contributed by atoms with E-state index in [1.54, 1.807) is 18.4 Å². The SMILES string of the molecule is COc1sc(CNCC2CC2)cc1Br. The van der Waals surface area contributed by atoms with E-state index in [0.29, 0.717) is 0 Å². The fourth-order valence-electron chi connectivity index (χ4n) is 1.35. The van der Waals surface area contributed by atoms with E-state index >= 15 is 0 Å². The fourth-order valence-corrected chi connectivity index (χ4v) is 3.01. The zero-order chi connectivity index (χ0) is 9.97. The van der Waals surface area contributed by atoms with E-state index < -0.39 is 0 Å². The van der Waals surface area contributed by atoms with Gasteiger partial charge in [-0.3, -0.25) is 0 Å². The van der Waals surface area contributed by atoms with Gasteiger partial charge in [0, 0.05) is 11.4 Å². The number of nitrogens with one attached hydrogen (secondary N) is 1. The number of thiophene rings is 1. The zero-order valence-corrected chi connectivity index (χ0v) is 10.6. The molecule has 1 fully saturated rings. The minimum Gasteiger partial charge on any atom is -0.486 e. The van der Waals surface area contributed by atoms with Crippen molar-refractivity contribution >= 4 is 27.3 Å². The summed E-state index contributed by atoms with van der Waals surface area (Å²) in [6.45, 7) is 2.13. The molecule has 0 radical (unpaired) electrons. The molecule has 2 rings (SSSR count). The standard InChI is InChI=1S/C10H14BrNOS/c1-13-10-9(11)4-8(14-10)6-12-5-7-2-3-7/h4,7,12H,2-3,5-6H2,1H3. The Morgan fingerprint density at radius 1 is 1.64 bits per heavy atom. The van der Waals surface area contributed by atoms with Crippen LogP contribution in [0.3, 0.4) is 0 Å². The summed E-state index contributed by atoms with van der Waals surface area (Å²) in [4.78, 5) is 1.33. The highest BCUT2D eigenvalue weighted by molar-refractivity contribution is 9.10. The molecule has 0 atom stereocenters. The van der Waals surface area contributed by atoms with Crippen molar-refractivity contribution < 1.29 is 4.74 Å². The van der Waals surface area contributed by atoms with Gasteiger partial charge in [-0.1, -0.05) is 0 Å². The summed E-state index contributed by atoms with van der Waals surface area (Å²) in [5.41, 5.74) is 0. The van der Waals surface area contributed by atoms with Gasteiger partial charge < -0.3 is 10.1 Å². The van der Waals surface area contributed by atoms with Crippen LogP contribution in [0.1, 0.15) is 17.7 Å². The first-order valence-electron chi connectivity index (χ1n) is 4.82. The molecule has 1 heterocycles. The summed E-state index contributed by atoms with van der Waals surface area (Å²) in [7, 11) is 1.71. The normalized spacial score (nSPS) is 15.9. The van der Waals surface area contributed by atoms with Gasteiger partial charge in [-0.25, -0.2) is 0 Å². The van der Waals surface area contributed by atoms with Gasteiger partial charge in [0.2, 0.25) is 0 Å². The van der Waals surface area contributed by atoms with Crippen LogP contribution in [-0.2, 0) is 6.54 Å². The number of rotatable bonds is 5. The van der Waals surface area contributed by atoms with Crippen LogP contribution >= 0.6 is 27.3 Å². The average Bonchev–Trinajstić information content (AvgIpc) is 2.91. The highest BCUT2D eigenvalue weighted by Gasteiger charge is 2.20. The summed E-state index contributed by atoms with van der Waals surface area (Å²) in [6, 6.07) is 2.13. The average molecular weight is 276 g/mol. The maximum atomic E-state index is 5.21. The molecule has 14 heavy (non-hydrogen) atoms. The molecule has 78 valence electrons. The first kappa shape index (κ1) is 10.5. The van der Waals surface area contributed by atoms with Crippen LogP contribution in [0.25, 0.3) is 0 Å². The van der Waals surface area contributed by atoms with Crippen molar-refractivity contribution in [1.82, 2.24) is 5.32 Å². The lowest BCUT2D eigenvalue weighted by Gasteiger charge is -1.99. The lowest BCUT2D eigenvalue weighted by molar-refractivity contribution is 0.425. The van der Waals surface area contributed by atoms with Crippen LogP contribution < -0.4 is 10.1 Å². The van der Waals surface area contributed by atoms with Gasteiger partial charge in [-0.15, -0.1) is 11.3 Å². The number of halogens is 1. The molecule has 1 saturated carbocycles. The van der Waals surface area contributed by atoms with Crippen LogP contribution in [-0.4, -0.2) is 13.7 Å². The number of ether oxygens (including phenoxy) is 1. The van der Waals surface area contributed by atoms with Gasteiger partial charge in [-0.05, 0) is 47.3 Å². The third kappa shape index (κ3) is 2.72. The number of methoxy groups -OCH3 is 1. The van der Waals surface area contributed by atoms with Crippen LogP contribution in [0.2, 0.25) is 0 Å². The highest BCUT2D eigenvalue weighted by Crippen LogP contribution is 2.34. The fraction of sp³-hybridized carbons (Fsp3) is 0.600. The lowest BCUT2D eigenvalue weighted by Crippen LogP contribution is -2.15. The van der Waals surface area contributed by atoms with E-state index in [0.717, 1.165) is 28.5 Å². The van der Waals surface area contributed by atoms with Crippen LogP contribution in [0.4, 0.5) is 0 Å². The summed E-state index contributed by atoms with van der Waals surface area (Å²) in [5.74, 6) is 0.945. The van der Waals surface area contributed by atoms with E-state index in [1.165, 1.54) is 17.7 Å². The Bertz CT molecular complexity index is 309. The van der Waals surface area contributed by atoms with Crippen LogP contribution in [0, 0.1) is 5.92 Å². The molecule has 0 unspecified atom stereocenters. The van der Waals surface area contributed by atoms with Crippen molar-refractivity contribution in [2.24, 2.45) is 5.92 Å². The molecule has 0 bridgehead atoms. The van der Waals surface area contributed by atoms with Gasteiger partial charge in [0.05, 0.1) is 11.6 Å². The maximum Gasteiger partial charge on any atom is 0.188 e. The van der Waals surface area contributed by atoms with E-state index in [2.05, 4.69) is 27.3 Å². The molecule has 1 aromatic rings. The van der Waals surface area contributed by atoms with Crippen LogP contribution in [0.5, 0.6) is 5.06 Å². The van der Waals surface area contributed by atoms with Crippen LogP contribution in [0.15, 0.2) is 10.5 Å². The van der Waals surface area contributed by atoms with Gasteiger partial charge in [0.15, 0.2) is 5.06 Å². The van der Waals surface area contributed by atoms with Crippen molar-refractivity contribution in [1.29, 1.82) is 0 Å². The van der Waals surface area contributed by atoms with Gasteiger partial charge in [0.25, 0.3) is 0 Å². The summed E-state index contributed by atoms with van der Waals surface area (Å²) in [6.07, 6.45) is 2.81. The molecule has 0 amide bonds. The van der Waals surface area contributed by atoms with E-state index in [9.17, 15) is 0 Å². The Labute approximate surface area is 96.8 Å². The largest absolute Gasteiger partial charge is 0.486 e. The Kier molecular flexibility index (Phi) is 3.47. The third-order valence-electron chi connectivity index (χ3n) is 2.32.